The standard InChI is InChI=1S/C22H31N3O2/c1-17(21(26)25-14-6-8-18-7-2-3-9-20(18)25)23-15-10-19(11-16-23)22(27)24-12-4-5-13-24/h2-3,7,9,17,19H,4-6,8,10-16H2,1H3. The molecular formula is C22H31N3O2. The van der Waals surface area contributed by atoms with Crippen LogP contribution < -0.4 is 4.90 Å². The molecule has 27 heavy (non-hydrogen) atoms. The maximum atomic E-state index is 13.2. The van der Waals surface area contributed by atoms with Crippen LogP contribution in [0.3, 0.4) is 0 Å². The fourth-order valence-corrected chi connectivity index (χ4v) is 4.87. The van der Waals surface area contributed by atoms with E-state index in [0.717, 1.165) is 76.9 Å². The van der Waals surface area contributed by atoms with E-state index in [1.807, 2.05) is 22.8 Å². The lowest BCUT2D eigenvalue weighted by Gasteiger charge is -2.39. The Morgan fingerprint density at radius 3 is 2.41 bits per heavy atom. The largest absolute Gasteiger partial charge is 0.342 e. The zero-order valence-electron chi connectivity index (χ0n) is 16.4. The highest BCUT2D eigenvalue weighted by Crippen LogP contribution is 2.29. The smallest absolute Gasteiger partial charge is 0.244 e. The highest BCUT2D eigenvalue weighted by atomic mass is 16.2. The van der Waals surface area contributed by atoms with E-state index in [9.17, 15) is 9.59 Å². The lowest BCUT2D eigenvalue weighted by molar-refractivity contribution is -0.136. The first-order valence-corrected chi connectivity index (χ1v) is 10.6. The number of hydrogen-bond acceptors (Lipinski definition) is 3. The van der Waals surface area contributed by atoms with Gasteiger partial charge in [-0.3, -0.25) is 14.5 Å². The summed E-state index contributed by atoms with van der Waals surface area (Å²) in [6, 6.07) is 8.15. The third-order valence-corrected chi connectivity index (χ3v) is 6.58. The first-order valence-electron chi connectivity index (χ1n) is 10.6. The molecule has 0 saturated carbocycles. The summed E-state index contributed by atoms with van der Waals surface area (Å²) in [6.45, 7) is 6.39. The van der Waals surface area contributed by atoms with E-state index >= 15 is 0 Å². The van der Waals surface area contributed by atoms with Crippen LogP contribution in [0.25, 0.3) is 0 Å². The number of carbonyl (C=O) groups excluding carboxylic acids is 2. The molecular weight excluding hydrogens is 338 g/mol. The second-order valence-corrected chi connectivity index (χ2v) is 8.24. The SMILES string of the molecule is CC(C(=O)N1CCCc2ccccc21)N1CCC(C(=O)N2CCCC2)CC1. The highest BCUT2D eigenvalue weighted by Gasteiger charge is 2.34. The van der Waals surface area contributed by atoms with Crippen molar-refractivity contribution in [2.75, 3.05) is 37.6 Å². The predicted octanol–water partition coefficient (Wildman–Crippen LogP) is 2.69. The van der Waals surface area contributed by atoms with Gasteiger partial charge in [0.1, 0.15) is 0 Å². The molecule has 2 amide bonds. The zero-order chi connectivity index (χ0) is 18.8. The number of amides is 2. The number of anilines is 1. The van der Waals surface area contributed by atoms with Crippen molar-refractivity contribution in [2.24, 2.45) is 5.92 Å². The van der Waals surface area contributed by atoms with Crippen molar-refractivity contribution in [3.05, 3.63) is 29.8 Å². The molecule has 0 N–H and O–H groups in total. The Morgan fingerprint density at radius 1 is 0.963 bits per heavy atom. The Morgan fingerprint density at radius 2 is 1.67 bits per heavy atom. The van der Waals surface area contributed by atoms with Crippen LogP contribution in [0, 0.1) is 5.92 Å². The Labute approximate surface area is 162 Å². The van der Waals surface area contributed by atoms with E-state index < -0.39 is 0 Å². The average Bonchev–Trinajstić information content (AvgIpc) is 3.27. The fraction of sp³-hybridized carbons (Fsp3) is 0.636. The molecule has 0 spiro atoms. The Balaban J connectivity index is 1.36. The van der Waals surface area contributed by atoms with Crippen LogP contribution in [0.1, 0.15) is 44.6 Å². The first-order chi connectivity index (χ1) is 13.1. The summed E-state index contributed by atoms with van der Waals surface area (Å²) in [7, 11) is 0. The van der Waals surface area contributed by atoms with Crippen LogP contribution in [-0.4, -0.2) is 60.4 Å². The van der Waals surface area contributed by atoms with Gasteiger partial charge in [0.25, 0.3) is 0 Å². The van der Waals surface area contributed by atoms with E-state index in [2.05, 4.69) is 23.1 Å². The number of aryl methyl sites for hydroxylation is 1. The average molecular weight is 370 g/mol. The second-order valence-electron chi connectivity index (χ2n) is 8.24. The summed E-state index contributed by atoms with van der Waals surface area (Å²) in [5.41, 5.74) is 2.36. The van der Waals surface area contributed by atoms with Crippen LogP contribution in [0.5, 0.6) is 0 Å². The van der Waals surface area contributed by atoms with Gasteiger partial charge < -0.3 is 9.80 Å². The van der Waals surface area contributed by atoms with Crippen LogP contribution in [-0.2, 0) is 16.0 Å². The van der Waals surface area contributed by atoms with Crippen molar-refractivity contribution in [1.82, 2.24) is 9.80 Å². The predicted molar refractivity (Wildman–Crippen MR) is 107 cm³/mol. The molecule has 1 aromatic rings. The number of piperidine rings is 1. The summed E-state index contributed by atoms with van der Waals surface area (Å²) in [6.07, 6.45) is 6.13. The van der Waals surface area contributed by atoms with E-state index in [4.69, 9.17) is 0 Å². The van der Waals surface area contributed by atoms with Gasteiger partial charge in [-0.1, -0.05) is 18.2 Å². The van der Waals surface area contributed by atoms with E-state index in [1.54, 1.807) is 0 Å². The molecule has 3 aliphatic rings. The number of benzene rings is 1. The van der Waals surface area contributed by atoms with Gasteiger partial charge in [-0.05, 0) is 70.2 Å². The van der Waals surface area contributed by atoms with Crippen LogP contribution >= 0.6 is 0 Å². The van der Waals surface area contributed by atoms with Crippen molar-refractivity contribution >= 4 is 17.5 Å². The molecule has 0 bridgehead atoms. The Kier molecular flexibility index (Phi) is 5.48. The van der Waals surface area contributed by atoms with Gasteiger partial charge in [0.15, 0.2) is 0 Å². The third-order valence-electron chi connectivity index (χ3n) is 6.58. The number of fused-ring (bicyclic) bond motifs is 1. The van der Waals surface area contributed by atoms with Crippen molar-refractivity contribution < 1.29 is 9.59 Å². The molecule has 0 radical (unpaired) electrons. The van der Waals surface area contributed by atoms with Gasteiger partial charge in [-0.2, -0.15) is 0 Å². The Bertz CT molecular complexity index is 691. The number of rotatable bonds is 3. The zero-order valence-corrected chi connectivity index (χ0v) is 16.4. The highest BCUT2D eigenvalue weighted by molar-refractivity contribution is 5.98. The lowest BCUT2D eigenvalue weighted by atomic mass is 9.94. The summed E-state index contributed by atoms with van der Waals surface area (Å²) < 4.78 is 0. The topological polar surface area (TPSA) is 43.9 Å². The van der Waals surface area contributed by atoms with E-state index in [1.165, 1.54) is 5.56 Å². The minimum absolute atomic E-state index is 0.126. The third kappa shape index (κ3) is 3.75. The fourth-order valence-electron chi connectivity index (χ4n) is 4.87. The number of likely N-dealkylation sites (tertiary alicyclic amines) is 2. The molecule has 3 heterocycles. The van der Waals surface area contributed by atoms with Gasteiger partial charge in [0.2, 0.25) is 11.8 Å². The van der Waals surface area contributed by atoms with E-state index in [-0.39, 0.29) is 17.9 Å². The van der Waals surface area contributed by atoms with Gasteiger partial charge in [-0.15, -0.1) is 0 Å². The number of nitrogens with zero attached hydrogens (tertiary/aromatic N) is 3. The van der Waals surface area contributed by atoms with Gasteiger partial charge in [0.05, 0.1) is 6.04 Å². The number of carbonyl (C=O) groups is 2. The monoisotopic (exact) mass is 369 g/mol. The molecule has 1 aromatic carbocycles. The van der Waals surface area contributed by atoms with Crippen LogP contribution in [0.4, 0.5) is 5.69 Å². The second kappa shape index (κ2) is 8.01. The van der Waals surface area contributed by atoms with Crippen molar-refractivity contribution in [3.63, 3.8) is 0 Å². The van der Waals surface area contributed by atoms with Gasteiger partial charge >= 0.3 is 0 Å². The minimum Gasteiger partial charge on any atom is -0.342 e. The molecule has 2 fully saturated rings. The normalized spacial score (nSPS) is 22.6. The quantitative estimate of drug-likeness (QED) is 0.823. The lowest BCUT2D eigenvalue weighted by Crippen LogP contribution is -2.52. The molecule has 146 valence electrons. The number of hydrogen-bond donors (Lipinski definition) is 0. The van der Waals surface area contributed by atoms with Crippen molar-refractivity contribution in [1.29, 1.82) is 0 Å². The summed E-state index contributed by atoms with van der Waals surface area (Å²) in [5.74, 6) is 0.694. The maximum Gasteiger partial charge on any atom is 0.244 e. The van der Waals surface area contributed by atoms with E-state index in [0.29, 0.717) is 5.91 Å². The molecule has 0 aromatic heterocycles. The van der Waals surface area contributed by atoms with Crippen LogP contribution in [0.2, 0.25) is 0 Å². The van der Waals surface area contributed by atoms with Crippen molar-refractivity contribution in [2.45, 2.75) is 51.5 Å². The summed E-state index contributed by atoms with van der Waals surface area (Å²) in [4.78, 5) is 32.1. The summed E-state index contributed by atoms with van der Waals surface area (Å²) >= 11 is 0. The molecule has 0 aliphatic carbocycles. The minimum atomic E-state index is -0.126. The first kappa shape index (κ1) is 18.5. The molecule has 2 saturated heterocycles. The van der Waals surface area contributed by atoms with Gasteiger partial charge in [0, 0.05) is 31.2 Å². The number of para-hydroxylation sites is 1. The molecule has 5 heteroatoms. The van der Waals surface area contributed by atoms with Crippen LogP contribution in [0.15, 0.2) is 24.3 Å². The summed E-state index contributed by atoms with van der Waals surface area (Å²) in [5, 5.41) is 0. The molecule has 4 rings (SSSR count). The van der Waals surface area contributed by atoms with Crippen molar-refractivity contribution in [3.8, 4) is 0 Å². The Hall–Kier alpha value is -1.88. The molecule has 1 unspecified atom stereocenters. The molecule has 5 nitrogen and oxygen atoms in total. The molecule has 3 aliphatic heterocycles. The maximum absolute atomic E-state index is 13.2. The van der Waals surface area contributed by atoms with Gasteiger partial charge in [-0.25, -0.2) is 0 Å². The molecule has 1 atom stereocenters.